The minimum atomic E-state index is -0.488. The van der Waals surface area contributed by atoms with Gasteiger partial charge in [-0.2, -0.15) is 0 Å². The smallest absolute Gasteiger partial charge is 0.268 e. The fraction of sp³-hybridized carbons (Fsp3) is 0.143. The molecule has 0 aliphatic rings. The molecular formula is C7H5N5O2. The summed E-state index contributed by atoms with van der Waals surface area (Å²) in [6, 6.07) is 1.07. The first kappa shape index (κ1) is 9.64. The Morgan fingerprint density at radius 1 is 1.50 bits per heavy atom. The van der Waals surface area contributed by atoms with Gasteiger partial charge in [0.25, 0.3) is 11.1 Å². The van der Waals surface area contributed by atoms with Gasteiger partial charge in [-0.25, -0.2) is 0 Å². The summed E-state index contributed by atoms with van der Waals surface area (Å²) >= 11 is 0. The van der Waals surface area contributed by atoms with Crippen molar-refractivity contribution in [1.29, 1.82) is 0 Å². The first-order chi connectivity index (χ1) is 6.74. The van der Waals surface area contributed by atoms with Crippen LogP contribution in [0.4, 0.5) is 0 Å². The van der Waals surface area contributed by atoms with Crippen LogP contribution in [0.25, 0.3) is 10.4 Å². The standard InChI is InChI=1S/C7H5N5O2/c8-12-9-3-1-2-5-4-6(13)10-11-7(5)14/h4H,3H2,(H,10,13)(H,11,14). The third-order valence-corrected chi connectivity index (χ3v) is 1.26. The van der Waals surface area contributed by atoms with Gasteiger partial charge in [0.05, 0.1) is 12.1 Å². The lowest BCUT2D eigenvalue weighted by molar-refractivity contribution is 0.946. The Bertz CT molecular complexity index is 537. The van der Waals surface area contributed by atoms with Gasteiger partial charge in [-0.05, 0) is 5.53 Å². The van der Waals surface area contributed by atoms with Crippen LogP contribution in [-0.4, -0.2) is 16.7 Å². The third kappa shape index (κ3) is 2.55. The fourth-order valence-corrected chi connectivity index (χ4v) is 0.713. The second-order valence-corrected chi connectivity index (χ2v) is 2.19. The van der Waals surface area contributed by atoms with Crippen molar-refractivity contribution in [2.24, 2.45) is 5.11 Å². The van der Waals surface area contributed by atoms with Crippen molar-refractivity contribution in [1.82, 2.24) is 10.2 Å². The number of hydrogen-bond donors (Lipinski definition) is 2. The molecule has 0 atom stereocenters. The lowest BCUT2D eigenvalue weighted by atomic mass is 10.3. The van der Waals surface area contributed by atoms with Gasteiger partial charge >= 0.3 is 0 Å². The molecule has 0 aliphatic heterocycles. The lowest BCUT2D eigenvalue weighted by Gasteiger charge is -1.85. The fourth-order valence-electron chi connectivity index (χ4n) is 0.713. The van der Waals surface area contributed by atoms with Gasteiger partial charge in [-0.1, -0.05) is 17.0 Å². The van der Waals surface area contributed by atoms with E-state index >= 15 is 0 Å². The van der Waals surface area contributed by atoms with Gasteiger partial charge in [-0.3, -0.25) is 19.8 Å². The summed E-state index contributed by atoms with van der Waals surface area (Å²) in [5, 5.41) is 7.36. The summed E-state index contributed by atoms with van der Waals surface area (Å²) in [6.07, 6.45) is 0. The minimum absolute atomic E-state index is 0.0389. The Labute approximate surface area is 77.4 Å². The van der Waals surface area contributed by atoms with Crippen LogP contribution in [0, 0.1) is 11.8 Å². The van der Waals surface area contributed by atoms with Crippen LogP contribution >= 0.6 is 0 Å². The molecule has 0 radical (unpaired) electrons. The monoisotopic (exact) mass is 191 g/mol. The van der Waals surface area contributed by atoms with Gasteiger partial charge in [-0.15, -0.1) is 0 Å². The Morgan fingerprint density at radius 3 is 3.00 bits per heavy atom. The predicted octanol–water partition coefficient (Wildman–Crippen LogP) is -0.275. The SMILES string of the molecule is [N-]=[N+]=NCC#Cc1cc(=O)[nH][nH]c1=O. The number of hydrogen-bond acceptors (Lipinski definition) is 3. The second kappa shape index (κ2) is 4.54. The maximum absolute atomic E-state index is 11.0. The Kier molecular flexibility index (Phi) is 3.13. The molecule has 1 heterocycles. The molecule has 0 saturated carbocycles. The van der Waals surface area contributed by atoms with E-state index in [4.69, 9.17) is 5.53 Å². The number of azide groups is 1. The molecule has 7 heteroatoms. The summed E-state index contributed by atoms with van der Waals surface area (Å²) in [5.74, 6) is 4.84. The van der Waals surface area contributed by atoms with Crippen molar-refractivity contribution in [2.75, 3.05) is 6.54 Å². The van der Waals surface area contributed by atoms with Gasteiger partial charge in [0, 0.05) is 11.0 Å². The Balaban J connectivity index is 3.00. The maximum atomic E-state index is 11.0. The molecule has 0 spiro atoms. The van der Waals surface area contributed by atoms with Crippen LogP contribution in [0.5, 0.6) is 0 Å². The van der Waals surface area contributed by atoms with Gasteiger partial charge in [0.1, 0.15) is 0 Å². The molecule has 0 unspecified atom stereocenters. The van der Waals surface area contributed by atoms with E-state index in [0.717, 1.165) is 6.07 Å². The molecule has 14 heavy (non-hydrogen) atoms. The van der Waals surface area contributed by atoms with Crippen molar-refractivity contribution in [3.05, 3.63) is 42.8 Å². The Morgan fingerprint density at radius 2 is 2.29 bits per heavy atom. The van der Waals surface area contributed by atoms with Crippen molar-refractivity contribution in [3.63, 3.8) is 0 Å². The summed E-state index contributed by atoms with van der Waals surface area (Å²) in [5.41, 5.74) is 7.04. The largest absolute Gasteiger partial charge is 0.278 e. The first-order valence-corrected chi connectivity index (χ1v) is 3.56. The van der Waals surface area contributed by atoms with Crippen LogP contribution in [0.15, 0.2) is 20.8 Å². The van der Waals surface area contributed by atoms with E-state index in [1.807, 2.05) is 0 Å². The highest BCUT2D eigenvalue weighted by molar-refractivity contribution is 5.30. The molecule has 7 nitrogen and oxygen atoms in total. The van der Waals surface area contributed by atoms with E-state index in [9.17, 15) is 9.59 Å². The molecule has 0 aliphatic carbocycles. The molecule has 0 saturated heterocycles. The van der Waals surface area contributed by atoms with Crippen LogP contribution in [0.3, 0.4) is 0 Å². The number of H-pyrrole nitrogens is 2. The highest BCUT2D eigenvalue weighted by atomic mass is 16.1. The number of aromatic amines is 2. The third-order valence-electron chi connectivity index (χ3n) is 1.26. The molecule has 1 aromatic rings. The highest BCUT2D eigenvalue weighted by Crippen LogP contribution is 1.78. The van der Waals surface area contributed by atoms with Gasteiger partial charge < -0.3 is 0 Å². The average molecular weight is 191 g/mol. The first-order valence-electron chi connectivity index (χ1n) is 3.56. The lowest BCUT2D eigenvalue weighted by Crippen LogP contribution is -2.20. The van der Waals surface area contributed by atoms with E-state index in [1.54, 1.807) is 0 Å². The maximum Gasteiger partial charge on any atom is 0.278 e. The highest BCUT2D eigenvalue weighted by Gasteiger charge is 1.94. The van der Waals surface area contributed by atoms with Crippen LogP contribution < -0.4 is 11.1 Å². The van der Waals surface area contributed by atoms with Crippen LogP contribution in [0.2, 0.25) is 0 Å². The molecule has 0 aromatic carbocycles. The molecule has 0 bridgehead atoms. The zero-order chi connectivity index (χ0) is 10.4. The topological polar surface area (TPSA) is 114 Å². The van der Waals surface area contributed by atoms with Crippen LogP contribution in [-0.2, 0) is 0 Å². The Hall–Kier alpha value is -2.45. The van der Waals surface area contributed by atoms with E-state index in [-0.39, 0.29) is 12.1 Å². The van der Waals surface area contributed by atoms with E-state index in [0.29, 0.717) is 0 Å². The van der Waals surface area contributed by atoms with E-state index < -0.39 is 11.1 Å². The van der Waals surface area contributed by atoms with Gasteiger partial charge in [0.15, 0.2) is 0 Å². The number of nitrogens with one attached hydrogen (secondary N) is 2. The number of nitrogens with zero attached hydrogens (tertiary/aromatic N) is 3. The van der Waals surface area contributed by atoms with E-state index in [2.05, 4.69) is 32.1 Å². The quantitative estimate of drug-likeness (QED) is 0.275. The normalized spacial score (nSPS) is 8.29. The summed E-state index contributed by atoms with van der Waals surface area (Å²) in [7, 11) is 0. The molecule has 0 fully saturated rings. The molecule has 1 rings (SSSR count). The molecule has 2 N–H and O–H groups in total. The number of rotatable bonds is 1. The average Bonchev–Trinajstić information content (AvgIpc) is 2.18. The predicted molar refractivity (Wildman–Crippen MR) is 48.6 cm³/mol. The second-order valence-electron chi connectivity index (χ2n) is 2.19. The van der Waals surface area contributed by atoms with Crippen molar-refractivity contribution >= 4 is 0 Å². The van der Waals surface area contributed by atoms with E-state index in [1.165, 1.54) is 0 Å². The van der Waals surface area contributed by atoms with Crippen molar-refractivity contribution in [2.45, 2.75) is 0 Å². The summed E-state index contributed by atoms with van der Waals surface area (Å²) < 4.78 is 0. The van der Waals surface area contributed by atoms with Crippen molar-refractivity contribution < 1.29 is 0 Å². The zero-order valence-corrected chi connectivity index (χ0v) is 6.94. The van der Waals surface area contributed by atoms with Crippen LogP contribution in [0.1, 0.15) is 5.56 Å². The molecule has 0 amide bonds. The molecule has 70 valence electrons. The summed E-state index contributed by atoms with van der Waals surface area (Å²) in [4.78, 5) is 24.2. The molecular weight excluding hydrogens is 186 g/mol. The van der Waals surface area contributed by atoms with Crippen molar-refractivity contribution in [3.8, 4) is 11.8 Å². The molecule has 1 aromatic heterocycles. The zero-order valence-electron chi connectivity index (χ0n) is 6.94. The summed E-state index contributed by atoms with van der Waals surface area (Å²) in [6.45, 7) is -0.0389. The number of aromatic nitrogens is 2. The minimum Gasteiger partial charge on any atom is -0.268 e. The van der Waals surface area contributed by atoms with Gasteiger partial charge in [0.2, 0.25) is 0 Å².